The van der Waals surface area contributed by atoms with Crippen molar-refractivity contribution in [1.29, 1.82) is 0 Å². The summed E-state index contributed by atoms with van der Waals surface area (Å²) in [5.41, 5.74) is 1.45. The lowest BCUT2D eigenvalue weighted by atomic mass is 9.46. The van der Waals surface area contributed by atoms with Gasteiger partial charge in [0.2, 0.25) is 0 Å². The van der Waals surface area contributed by atoms with Crippen molar-refractivity contribution in [3.8, 4) is 0 Å². The third-order valence-electron chi connectivity index (χ3n) is 8.06. The summed E-state index contributed by atoms with van der Waals surface area (Å²) in [5, 5.41) is 21.6. The number of aliphatic hydroxyl groups excluding tert-OH is 1. The molecule has 0 amide bonds. The fourth-order valence-electron chi connectivity index (χ4n) is 6.60. The fraction of sp³-hybridized carbons (Fsp3) is 0.895. The summed E-state index contributed by atoms with van der Waals surface area (Å²) >= 11 is 0. The smallest absolute Gasteiger partial charge is 0.0735 e. The van der Waals surface area contributed by atoms with Crippen molar-refractivity contribution >= 4 is 0 Å². The number of aliphatic hydroxyl groups is 2. The Morgan fingerprint density at radius 2 is 1.86 bits per heavy atom. The highest BCUT2D eigenvalue weighted by molar-refractivity contribution is 5.27. The van der Waals surface area contributed by atoms with Gasteiger partial charge < -0.3 is 10.2 Å². The quantitative estimate of drug-likeness (QED) is 0.666. The average Bonchev–Trinajstić information content (AvgIpc) is 2.75. The van der Waals surface area contributed by atoms with Crippen LogP contribution in [0.25, 0.3) is 0 Å². The molecule has 4 aliphatic carbocycles. The standard InChI is InChI=1S/C19H30O2/c1-17-8-3-9-19(17,21)16-5-4-13-12-14(20)6-11-18(13,2)15(16)7-10-17/h4,14-16,20-21H,3,5-12H2,1-2H3/t14?,15?,16?,17?,18?,19-/m1/s1. The van der Waals surface area contributed by atoms with E-state index in [4.69, 9.17) is 0 Å². The van der Waals surface area contributed by atoms with E-state index >= 15 is 0 Å². The Hall–Kier alpha value is -0.340. The maximum Gasteiger partial charge on any atom is 0.0735 e. The Kier molecular flexibility index (Phi) is 2.96. The van der Waals surface area contributed by atoms with Crippen LogP contribution in [0.5, 0.6) is 0 Å². The van der Waals surface area contributed by atoms with Gasteiger partial charge in [-0.3, -0.25) is 0 Å². The van der Waals surface area contributed by atoms with Crippen molar-refractivity contribution < 1.29 is 10.2 Å². The minimum Gasteiger partial charge on any atom is -0.393 e. The van der Waals surface area contributed by atoms with E-state index in [9.17, 15) is 10.2 Å². The Morgan fingerprint density at radius 1 is 1.05 bits per heavy atom. The van der Waals surface area contributed by atoms with Crippen LogP contribution in [0.15, 0.2) is 11.6 Å². The van der Waals surface area contributed by atoms with Crippen molar-refractivity contribution in [3.05, 3.63) is 11.6 Å². The topological polar surface area (TPSA) is 40.5 Å². The molecule has 0 aromatic rings. The van der Waals surface area contributed by atoms with Gasteiger partial charge in [0.25, 0.3) is 0 Å². The minimum absolute atomic E-state index is 0.135. The van der Waals surface area contributed by atoms with Crippen LogP contribution >= 0.6 is 0 Å². The SMILES string of the molecule is CC12CCC(O)CC1=CCC1C2CCC2(C)CCC[C@@]12O. The summed E-state index contributed by atoms with van der Waals surface area (Å²) in [5.74, 6) is 1.07. The highest BCUT2D eigenvalue weighted by Crippen LogP contribution is 2.66. The predicted octanol–water partition coefficient (Wildman–Crippen LogP) is 3.82. The first kappa shape index (κ1) is 14.3. The first-order valence-corrected chi connectivity index (χ1v) is 8.99. The molecule has 0 saturated heterocycles. The maximum atomic E-state index is 11.5. The Balaban J connectivity index is 1.73. The summed E-state index contributed by atoms with van der Waals surface area (Å²) in [4.78, 5) is 0. The summed E-state index contributed by atoms with van der Waals surface area (Å²) in [6, 6.07) is 0. The number of allylic oxidation sites excluding steroid dienone is 1. The molecule has 21 heavy (non-hydrogen) atoms. The molecule has 118 valence electrons. The zero-order valence-corrected chi connectivity index (χ0v) is 13.6. The van der Waals surface area contributed by atoms with E-state index in [2.05, 4.69) is 19.9 Å². The summed E-state index contributed by atoms with van der Waals surface area (Å²) in [7, 11) is 0. The third-order valence-corrected chi connectivity index (χ3v) is 8.06. The molecule has 4 rings (SSSR count). The Morgan fingerprint density at radius 3 is 2.67 bits per heavy atom. The van der Waals surface area contributed by atoms with E-state index in [-0.39, 0.29) is 16.9 Å². The fourth-order valence-corrected chi connectivity index (χ4v) is 6.60. The molecule has 5 unspecified atom stereocenters. The van der Waals surface area contributed by atoms with Crippen molar-refractivity contribution in [1.82, 2.24) is 0 Å². The number of hydrogen-bond donors (Lipinski definition) is 2. The maximum absolute atomic E-state index is 11.5. The molecule has 3 saturated carbocycles. The van der Waals surface area contributed by atoms with Gasteiger partial charge in [0.15, 0.2) is 0 Å². The lowest BCUT2D eigenvalue weighted by Crippen LogP contribution is -2.59. The van der Waals surface area contributed by atoms with Gasteiger partial charge >= 0.3 is 0 Å². The molecule has 0 spiro atoms. The molecule has 2 N–H and O–H groups in total. The second kappa shape index (κ2) is 4.35. The van der Waals surface area contributed by atoms with E-state index in [1.807, 2.05) is 0 Å². The molecule has 0 heterocycles. The first-order valence-electron chi connectivity index (χ1n) is 8.99. The monoisotopic (exact) mass is 290 g/mol. The van der Waals surface area contributed by atoms with Crippen LogP contribution < -0.4 is 0 Å². The molecule has 2 heteroatoms. The summed E-state index contributed by atoms with van der Waals surface area (Å²) in [6.07, 6.45) is 12.1. The van der Waals surface area contributed by atoms with E-state index in [0.29, 0.717) is 11.8 Å². The number of rotatable bonds is 0. The van der Waals surface area contributed by atoms with Crippen LogP contribution in [-0.2, 0) is 0 Å². The minimum atomic E-state index is -0.434. The van der Waals surface area contributed by atoms with Crippen molar-refractivity contribution in [3.63, 3.8) is 0 Å². The zero-order chi connectivity index (χ0) is 14.9. The second-order valence-electron chi connectivity index (χ2n) is 8.87. The van der Waals surface area contributed by atoms with Crippen LogP contribution in [0.2, 0.25) is 0 Å². The van der Waals surface area contributed by atoms with Crippen LogP contribution in [0.4, 0.5) is 0 Å². The van der Waals surface area contributed by atoms with Gasteiger partial charge in [-0.2, -0.15) is 0 Å². The molecular formula is C19H30O2. The van der Waals surface area contributed by atoms with E-state index < -0.39 is 5.60 Å². The summed E-state index contributed by atoms with van der Waals surface area (Å²) < 4.78 is 0. The average molecular weight is 290 g/mol. The van der Waals surface area contributed by atoms with Crippen LogP contribution in [-0.4, -0.2) is 21.9 Å². The van der Waals surface area contributed by atoms with E-state index in [0.717, 1.165) is 32.1 Å². The summed E-state index contributed by atoms with van der Waals surface area (Å²) in [6.45, 7) is 4.75. The third kappa shape index (κ3) is 1.72. The Bertz CT molecular complexity index is 484. The van der Waals surface area contributed by atoms with Gasteiger partial charge in [0, 0.05) is 0 Å². The van der Waals surface area contributed by atoms with Crippen molar-refractivity contribution in [2.75, 3.05) is 0 Å². The first-order chi connectivity index (χ1) is 9.89. The van der Waals surface area contributed by atoms with Gasteiger partial charge in [-0.15, -0.1) is 0 Å². The van der Waals surface area contributed by atoms with Gasteiger partial charge in [-0.05, 0) is 80.5 Å². The highest BCUT2D eigenvalue weighted by atomic mass is 16.3. The van der Waals surface area contributed by atoms with E-state index in [1.165, 1.54) is 31.3 Å². The molecule has 0 radical (unpaired) electrons. The lowest BCUT2D eigenvalue weighted by Gasteiger charge is -2.60. The van der Waals surface area contributed by atoms with Crippen molar-refractivity contribution in [2.45, 2.75) is 83.3 Å². The predicted molar refractivity (Wildman–Crippen MR) is 83.8 cm³/mol. The second-order valence-corrected chi connectivity index (χ2v) is 8.87. The number of fused-ring (bicyclic) bond motifs is 5. The van der Waals surface area contributed by atoms with Gasteiger partial charge in [0.05, 0.1) is 11.7 Å². The molecule has 0 aliphatic heterocycles. The molecule has 0 bridgehead atoms. The molecular weight excluding hydrogens is 260 g/mol. The Labute approximate surface area is 128 Å². The normalized spacial score (nSPS) is 56.2. The number of hydrogen-bond acceptors (Lipinski definition) is 2. The van der Waals surface area contributed by atoms with E-state index in [1.54, 1.807) is 0 Å². The molecule has 2 nitrogen and oxygen atoms in total. The molecule has 4 aliphatic rings. The van der Waals surface area contributed by atoms with Gasteiger partial charge in [0.1, 0.15) is 0 Å². The zero-order valence-electron chi connectivity index (χ0n) is 13.6. The molecule has 0 aromatic heterocycles. The van der Waals surface area contributed by atoms with Crippen molar-refractivity contribution in [2.24, 2.45) is 22.7 Å². The largest absolute Gasteiger partial charge is 0.393 e. The molecule has 6 atom stereocenters. The lowest BCUT2D eigenvalue weighted by molar-refractivity contribution is -0.168. The van der Waals surface area contributed by atoms with Crippen LogP contribution in [0.3, 0.4) is 0 Å². The van der Waals surface area contributed by atoms with Gasteiger partial charge in [-0.1, -0.05) is 25.5 Å². The van der Waals surface area contributed by atoms with Gasteiger partial charge in [-0.25, -0.2) is 0 Å². The highest BCUT2D eigenvalue weighted by Gasteiger charge is 2.63. The van der Waals surface area contributed by atoms with Crippen LogP contribution in [0.1, 0.15) is 71.6 Å². The van der Waals surface area contributed by atoms with Crippen LogP contribution in [0, 0.1) is 22.7 Å². The molecule has 0 aromatic carbocycles. The molecule has 3 fully saturated rings.